The van der Waals surface area contributed by atoms with Crippen LogP contribution < -0.4 is 0 Å². The Morgan fingerprint density at radius 3 is 2.96 bits per heavy atom. The molecule has 0 aromatic carbocycles. The Bertz CT molecular complexity index is 689. The average molecular weight is 315 g/mol. The first-order valence-corrected chi connectivity index (χ1v) is 8.33. The zero-order chi connectivity index (χ0) is 16.4. The van der Waals surface area contributed by atoms with Gasteiger partial charge < -0.3 is 14.2 Å². The van der Waals surface area contributed by atoms with E-state index in [2.05, 4.69) is 29.6 Å². The van der Waals surface area contributed by atoms with Gasteiger partial charge in [-0.05, 0) is 24.0 Å². The number of methoxy groups -OCH3 is 1. The minimum absolute atomic E-state index is 0.182. The monoisotopic (exact) mass is 315 g/mol. The van der Waals surface area contributed by atoms with Crippen LogP contribution >= 0.6 is 0 Å². The van der Waals surface area contributed by atoms with Gasteiger partial charge in [-0.15, -0.1) is 0 Å². The van der Waals surface area contributed by atoms with E-state index in [0.29, 0.717) is 18.4 Å². The number of pyridine rings is 1. The number of nitrogens with zero attached hydrogens (tertiary/aromatic N) is 3. The second-order valence-electron chi connectivity index (χ2n) is 6.53. The molecular formula is C18H25N3O2. The molecule has 0 radical (unpaired) electrons. The van der Waals surface area contributed by atoms with Crippen LogP contribution in [0.2, 0.25) is 0 Å². The maximum absolute atomic E-state index is 12.5. The number of carbonyl (C=O) groups is 1. The largest absolute Gasteiger partial charge is 0.384 e. The van der Waals surface area contributed by atoms with Gasteiger partial charge >= 0.3 is 0 Å². The van der Waals surface area contributed by atoms with Gasteiger partial charge in [0.1, 0.15) is 6.54 Å². The lowest BCUT2D eigenvalue weighted by molar-refractivity contribution is -0.139. The lowest BCUT2D eigenvalue weighted by Gasteiger charge is -2.39. The van der Waals surface area contributed by atoms with Gasteiger partial charge in [0, 0.05) is 50.1 Å². The minimum atomic E-state index is 0.182. The highest BCUT2D eigenvalue weighted by molar-refractivity contribution is 5.86. The van der Waals surface area contributed by atoms with Crippen LogP contribution in [0.3, 0.4) is 0 Å². The Morgan fingerprint density at radius 1 is 1.48 bits per heavy atom. The van der Waals surface area contributed by atoms with Gasteiger partial charge in [-0.3, -0.25) is 9.78 Å². The fourth-order valence-electron chi connectivity index (χ4n) is 3.27. The molecule has 0 aliphatic carbocycles. The zero-order valence-corrected chi connectivity index (χ0v) is 14.2. The number of hydrogen-bond acceptors (Lipinski definition) is 3. The van der Waals surface area contributed by atoms with E-state index in [4.69, 9.17) is 4.74 Å². The molecule has 0 spiro atoms. The molecule has 0 bridgehead atoms. The summed E-state index contributed by atoms with van der Waals surface area (Å²) in [5.41, 5.74) is 2.38. The summed E-state index contributed by atoms with van der Waals surface area (Å²) in [5.74, 6) is 1.14. The van der Waals surface area contributed by atoms with Gasteiger partial charge in [-0.25, -0.2) is 0 Å². The SMILES string of the molecule is CCC(C)c1cn(CC(=O)N2CC(COC)C2)c2ccncc12. The molecule has 1 fully saturated rings. The van der Waals surface area contributed by atoms with Crippen LogP contribution in [0.1, 0.15) is 31.7 Å². The number of amides is 1. The van der Waals surface area contributed by atoms with E-state index in [0.717, 1.165) is 37.0 Å². The molecule has 1 amide bonds. The molecule has 2 aromatic heterocycles. The van der Waals surface area contributed by atoms with E-state index in [-0.39, 0.29) is 5.91 Å². The first kappa shape index (κ1) is 16.0. The molecule has 2 aromatic rings. The van der Waals surface area contributed by atoms with Crippen LogP contribution in [0.15, 0.2) is 24.7 Å². The Morgan fingerprint density at radius 2 is 2.26 bits per heavy atom. The van der Waals surface area contributed by atoms with Crippen molar-refractivity contribution in [1.29, 1.82) is 0 Å². The number of likely N-dealkylation sites (tertiary alicyclic amines) is 1. The van der Waals surface area contributed by atoms with Gasteiger partial charge in [0.15, 0.2) is 0 Å². The normalized spacial score (nSPS) is 16.6. The Balaban J connectivity index is 1.77. The van der Waals surface area contributed by atoms with Crippen LogP contribution in [-0.2, 0) is 16.1 Å². The van der Waals surface area contributed by atoms with Crippen molar-refractivity contribution in [2.75, 3.05) is 26.8 Å². The molecule has 3 rings (SSSR count). The molecule has 1 aliphatic rings. The van der Waals surface area contributed by atoms with Crippen molar-refractivity contribution in [2.45, 2.75) is 32.7 Å². The van der Waals surface area contributed by atoms with E-state index >= 15 is 0 Å². The second kappa shape index (κ2) is 6.71. The lowest BCUT2D eigenvalue weighted by atomic mass is 9.99. The summed E-state index contributed by atoms with van der Waals surface area (Å²) >= 11 is 0. The zero-order valence-electron chi connectivity index (χ0n) is 14.2. The molecule has 1 unspecified atom stereocenters. The van der Waals surface area contributed by atoms with Crippen molar-refractivity contribution in [3.63, 3.8) is 0 Å². The Kier molecular flexibility index (Phi) is 4.66. The molecule has 1 aliphatic heterocycles. The van der Waals surface area contributed by atoms with Gasteiger partial charge in [-0.2, -0.15) is 0 Å². The van der Waals surface area contributed by atoms with Crippen LogP contribution in [0.25, 0.3) is 10.9 Å². The molecule has 5 nitrogen and oxygen atoms in total. The standard InChI is InChI=1S/C18H25N3O2/c1-4-13(2)16-10-20(17-5-6-19-7-15(16)17)11-18(22)21-8-14(9-21)12-23-3/h5-7,10,13-14H,4,8-9,11-12H2,1-3H3. The summed E-state index contributed by atoms with van der Waals surface area (Å²) in [5, 5.41) is 1.16. The third-order valence-corrected chi connectivity index (χ3v) is 4.87. The third-order valence-electron chi connectivity index (χ3n) is 4.87. The molecule has 0 N–H and O–H groups in total. The maximum Gasteiger partial charge on any atom is 0.242 e. The fraction of sp³-hybridized carbons (Fsp3) is 0.556. The van der Waals surface area contributed by atoms with Gasteiger partial charge in [0.25, 0.3) is 0 Å². The minimum Gasteiger partial charge on any atom is -0.384 e. The van der Waals surface area contributed by atoms with E-state index in [1.165, 1.54) is 5.56 Å². The van der Waals surface area contributed by atoms with E-state index in [1.807, 2.05) is 17.2 Å². The first-order chi connectivity index (χ1) is 11.1. The van der Waals surface area contributed by atoms with Crippen molar-refractivity contribution in [2.24, 2.45) is 5.92 Å². The smallest absolute Gasteiger partial charge is 0.242 e. The summed E-state index contributed by atoms with van der Waals surface area (Å²) in [6, 6.07) is 2.00. The maximum atomic E-state index is 12.5. The third kappa shape index (κ3) is 3.11. The molecular weight excluding hydrogens is 290 g/mol. The summed E-state index contributed by atoms with van der Waals surface area (Å²) in [7, 11) is 1.71. The number of hydrogen-bond donors (Lipinski definition) is 0. The summed E-state index contributed by atoms with van der Waals surface area (Å²) in [4.78, 5) is 18.7. The van der Waals surface area contributed by atoms with Crippen LogP contribution in [0, 0.1) is 5.92 Å². The van der Waals surface area contributed by atoms with Crippen molar-refractivity contribution in [1.82, 2.24) is 14.5 Å². The fourth-order valence-corrected chi connectivity index (χ4v) is 3.27. The van der Waals surface area contributed by atoms with E-state index < -0.39 is 0 Å². The van der Waals surface area contributed by atoms with Crippen molar-refractivity contribution >= 4 is 16.8 Å². The average Bonchev–Trinajstić information content (AvgIpc) is 2.88. The predicted octanol–water partition coefficient (Wildman–Crippen LogP) is 2.65. The van der Waals surface area contributed by atoms with Gasteiger partial charge in [0.2, 0.25) is 5.91 Å². The Labute approximate surface area is 137 Å². The molecule has 23 heavy (non-hydrogen) atoms. The molecule has 3 heterocycles. The second-order valence-corrected chi connectivity index (χ2v) is 6.53. The van der Waals surface area contributed by atoms with E-state index in [9.17, 15) is 4.79 Å². The molecule has 0 saturated carbocycles. The number of carbonyl (C=O) groups excluding carboxylic acids is 1. The van der Waals surface area contributed by atoms with Crippen LogP contribution in [-0.4, -0.2) is 47.2 Å². The van der Waals surface area contributed by atoms with Gasteiger partial charge in [-0.1, -0.05) is 13.8 Å². The number of ether oxygens (including phenoxy) is 1. The molecule has 124 valence electrons. The number of rotatable bonds is 6. The molecule has 5 heteroatoms. The first-order valence-electron chi connectivity index (χ1n) is 8.33. The summed E-state index contributed by atoms with van der Waals surface area (Å²) < 4.78 is 7.22. The lowest BCUT2D eigenvalue weighted by Crippen LogP contribution is -2.52. The summed E-state index contributed by atoms with van der Waals surface area (Å²) in [6.07, 6.45) is 6.91. The van der Waals surface area contributed by atoms with Crippen LogP contribution in [0.5, 0.6) is 0 Å². The van der Waals surface area contributed by atoms with Gasteiger partial charge in [0.05, 0.1) is 12.1 Å². The quantitative estimate of drug-likeness (QED) is 0.823. The van der Waals surface area contributed by atoms with Crippen molar-refractivity contribution < 1.29 is 9.53 Å². The van der Waals surface area contributed by atoms with Crippen molar-refractivity contribution in [3.05, 3.63) is 30.2 Å². The highest BCUT2D eigenvalue weighted by atomic mass is 16.5. The van der Waals surface area contributed by atoms with Crippen LogP contribution in [0.4, 0.5) is 0 Å². The number of fused-ring (bicyclic) bond motifs is 1. The summed E-state index contributed by atoms with van der Waals surface area (Å²) in [6.45, 7) is 7.16. The highest BCUT2D eigenvalue weighted by Crippen LogP contribution is 2.29. The molecule has 1 atom stereocenters. The number of aromatic nitrogens is 2. The topological polar surface area (TPSA) is 47.4 Å². The van der Waals surface area contributed by atoms with Crippen molar-refractivity contribution in [3.8, 4) is 0 Å². The predicted molar refractivity (Wildman–Crippen MR) is 90.4 cm³/mol. The van der Waals surface area contributed by atoms with E-state index in [1.54, 1.807) is 13.3 Å². The highest BCUT2D eigenvalue weighted by Gasteiger charge is 2.30. The Hall–Kier alpha value is -1.88. The molecule has 1 saturated heterocycles.